The zero-order valence-corrected chi connectivity index (χ0v) is 15.8. The van der Waals surface area contributed by atoms with Crippen molar-refractivity contribution >= 4 is 40.6 Å². The van der Waals surface area contributed by atoms with Crippen LogP contribution in [0.1, 0.15) is 11.1 Å². The number of benzene rings is 2. The molecule has 2 N–H and O–H groups in total. The summed E-state index contributed by atoms with van der Waals surface area (Å²) in [6.07, 6.45) is 1.55. The molecule has 26 heavy (non-hydrogen) atoms. The molecule has 3 rings (SSSR count). The molecule has 1 saturated heterocycles. The fraction of sp³-hybridized carbons (Fsp3) is 0.111. The number of imide groups is 1. The zero-order chi connectivity index (χ0) is 18.7. The molecule has 0 unspecified atom stereocenters. The number of methoxy groups -OCH3 is 1. The van der Waals surface area contributed by atoms with E-state index in [0.29, 0.717) is 17.1 Å². The molecule has 6 nitrogen and oxygen atoms in total. The summed E-state index contributed by atoms with van der Waals surface area (Å²) in [5.41, 5.74) is 1.65. The molecule has 0 radical (unpaired) electrons. The molecule has 0 atom stereocenters. The van der Waals surface area contributed by atoms with Crippen LogP contribution in [0, 0.1) is 9.39 Å². The van der Waals surface area contributed by atoms with Crippen molar-refractivity contribution in [2.45, 2.75) is 6.61 Å². The van der Waals surface area contributed by atoms with Gasteiger partial charge in [0.05, 0.1) is 10.7 Å². The van der Waals surface area contributed by atoms with E-state index >= 15 is 0 Å². The summed E-state index contributed by atoms with van der Waals surface area (Å²) in [7, 11) is 1.51. The first-order valence-corrected chi connectivity index (χ1v) is 8.63. The van der Waals surface area contributed by atoms with Gasteiger partial charge in [0.25, 0.3) is 5.91 Å². The summed E-state index contributed by atoms with van der Waals surface area (Å²) in [4.78, 5) is 22.8. The Bertz CT molecular complexity index is 897. The number of rotatable bonds is 5. The van der Waals surface area contributed by atoms with Crippen LogP contribution in [0.3, 0.4) is 0 Å². The van der Waals surface area contributed by atoms with Gasteiger partial charge in [-0.05, 0) is 64.1 Å². The fourth-order valence-corrected chi connectivity index (χ4v) is 3.13. The monoisotopic (exact) mass is 468 g/mol. The molecule has 1 aliphatic heterocycles. The second-order valence-electron chi connectivity index (χ2n) is 5.42. The van der Waals surface area contributed by atoms with Crippen molar-refractivity contribution in [2.24, 2.45) is 0 Å². The lowest BCUT2D eigenvalue weighted by Crippen LogP contribution is -2.22. The lowest BCUT2D eigenvalue weighted by atomic mass is 10.1. The molecule has 2 aromatic carbocycles. The number of halogens is 2. The number of ether oxygens (including phenoxy) is 2. The van der Waals surface area contributed by atoms with Crippen molar-refractivity contribution in [1.82, 2.24) is 10.6 Å². The van der Waals surface area contributed by atoms with Gasteiger partial charge in [0, 0.05) is 0 Å². The lowest BCUT2D eigenvalue weighted by Gasteiger charge is -2.14. The van der Waals surface area contributed by atoms with Crippen molar-refractivity contribution in [3.05, 3.63) is 62.6 Å². The van der Waals surface area contributed by atoms with Crippen LogP contribution >= 0.6 is 22.6 Å². The number of carbonyl (C=O) groups is 2. The topological polar surface area (TPSA) is 76.7 Å². The molecule has 0 bridgehead atoms. The summed E-state index contributed by atoms with van der Waals surface area (Å²) in [6, 6.07) is 8.99. The molecule has 3 amide bonds. The SMILES string of the molecule is COc1cc(C=C2NC(=O)NC2=O)cc(I)c1OCc1ccc(F)cc1. The normalized spacial score (nSPS) is 15.0. The number of carbonyl (C=O) groups excluding carboxylic acids is 2. The highest BCUT2D eigenvalue weighted by Crippen LogP contribution is 2.35. The predicted octanol–water partition coefficient (Wildman–Crippen LogP) is 3.20. The smallest absolute Gasteiger partial charge is 0.326 e. The molecule has 1 fully saturated rings. The highest BCUT2D eigenvalue weighted by atomic mass is 127. The van der Waals surface area contributed by atoms with Crippen LogP contribution in [0.4, 0.5) is 9.18 Å². The van der Waals surface area contributed by atoms with Crippen molar-refractivity contribution in [2.75, 3.05) is 7.11 Å². The third-order valence-electron chi connectivity index (χ3n) is 3.58. The first kappa shape index (κ1) is 18.2. The molecule has 8 heteroatoms. The van der Waals surface area contributed by atoms with E-state index in [2.05, 4.69) is 33.2 Å². The molecule has 134 valence electrons. The van der Waals surface area contributed by atoms with Gasteiger partial charge in [-0.15, -0.1) is 0 Å². The van der Waals surface area contributed by atoms with E-state index in [-0.39, 0.29) is 18.1 Å². The summed E-state index contributed by atoms with van der Waals surface area (Å²) >= 11 is 2.10. The van der Waals surface area contributed by atoms with Crippen molar-refractivity contribution in [3.8, 4) is 11.5 Å². The minimum Gasteiger partial charge on any atom is -0.493 e. The summed E-state index contributed by atoms with van der Waals surface area (Å²) in [6.45, 7) is 0.255. The van der Waals surface area contributed by atoms with E-state index in [1.807, 2.05) is 0 Å². The number of amides is 3. The number of nitrogens with one attached hydrogen (secondary N) is 2. The summed E-state index contributed by atoms with van der Waals surface area (Å²) in [5, 5.41) is 4.57. The molecule has 0 aromatic heterocycles. The number of hydrogen-bond donors (Lipinski definition) is 2. The first-order valence-electron chi connectivity index (χ1n) is 7.55. The average Bonchev–Trinajstić information content (AvgIpc) is 2.92. The highest BCUT2D eigenvalue weighted by Gasteiger charge is 2.23. The van der Waals surface area contributed by atoms with E-state index in [1.165, 1.54) is 19.2 Å². The Labute approximate surface area is 162 Å². The lowest BCUT2D eigenvalue weighted by molar-refractivity contribution is -0.115. The second-order valence-corrected chi connectivity index (χ2v) is 6.58. The van der Waals surface area contributed by atoms with E-state index in [1.54, 1.807) is 30.3 Å². The Kier molecular flexibility index (Phi) is 5.40. The van der Waals surface area contributed by atoms with Crippen LogP contribution in [-0.2, 0) is 11.4 Å². The molecule has 0 saturated carbocycles. The highest BCUT2D eigenvalue weighted by molar-refractivity contribution is 14.1. The minimum atomic E-state index is -0.554. The minimum absolute atomic E-state index is 0.160. The van der Waals surface area contributed by atoms with Crippen LogP contribution in [0.25, 0.3) is 6.08 Å². The standard InChI is InChI=1S/C18H14FIN2O4/c1-25-15-8-11(7-14-17(23)22-18(24)21-14)6-13(20)16(15)26-9-10-2-4-12(19)5-3-10/h2-8H,9H2,1H3,(H2,21,22,23,24). The molecule has 1 heterocycles. The van der Waals surface area contributed by atoms with Gasteiger partial charge in [-0.1, -0.05) is 12.1 Å². The van der Waals surface area contributed by atoms with Crippen molar-refractivity contribution < 1.29 is 23.5 Å². The molecule has 0 spiro atoms. The number of urea groups is 1. The van der Waals surface area contributed by atoms with Gasteiger partial charge in [-0.2, -0.15) is 0 Å². The van der Waals surface area contributed by atoms with Gasteiger partial charge >= 0.3 is 6.03 Å². The second kappa shape index (κ2) is 7.73. The van der Waals surface area contributed by atoms with E-state index in [9.17, 15) is 14.0 Å². The Hall–Kier alpha value is -2.62. The molecule has 0 aliphatic carbocycles. The average molecular weight is 468 g/mol. The maximum atomic E-state index is 13.0. The van der Waals surface area contributed by atoms with Crippen LogP contribution in [0.15, 0.2) is 42.1 Å². The van der Waals surface area contributed by atoms with Gasteiger partial charge < -0.3 is 14.8 Å². The quantitative estimate of drug-likeness (QED) is 0.402. The molecule has 1 aliphatic rings. The largest absolute Gasteiger partial charge is 0.493 e. The van der Waals surface area contributed by atoms with E-state index in [0.717, 1.165) is 9.13 Å². The first-order chi connectivity index (χ1) is 12.5. The van der Waals surface area contributed by atoms with Crippen LogP contribution in [-0.4, -0.2) is 19.0 Å². The Balaban J connectivity index is 1.83. The van der Waals surface area contributed by atoms with Gasteiger partial charge in [-0.3, -0.25) is 10.1 Å². The predicted molar refractivity (Wildman–Crippen MR) is 101 cm³/mol. The summed E-state index contributed by atoms with van der Waals surface area (Å²) < 4.78 is 24.9. The van der Waals surface area contributed by atoms with Crippen molar-refractivity contribution in [1.29, 1.82) is 0 Å². The Morgan fingerprint density at radius 3 is 2.50 bits per heavy atom. The fourth-order valence-electron chi connectivity index (χ4n) is 2.35. The van der Waals surface area contributed by atoms with Gasteiger partial charge in [0.15, 0.2) is 11.5 Å². The Morgan fingerprint density at radius 1 is 1.15 bits per heavy atom. The maximum absolute atomic E-state index is 13.0. The van der Waals surface area contributed by atoms with E-state index < -0.39 is 11.9 Å². The molecular weight excluding hydrogens is 454 g/mol. The molecular formula is C18H14FIN2O4. The van der Waals surface area contributed by atoms with Gasteiger partial charge in [0.2, 0.25) is 0 Å². The third kappa shape index (κ3) is 4.13. The van der Waals surface area contributed by atoms with Crippen LogP contribution in [0.2, 0.25) is 0 Å². The molecule has 2 aromatic rings. The summed E-state index contributed by atoms with van der Waals surface area (Å²) in [5.74, 6) is 0.233. The van der Waals surface area contributed by atoms with Gasteiger partial charge in [0.1, 0.15) is 18.1 Å². The third-order valence-corrected chi connectivity index (χ3v) is 4.38. The van der Waals surface area contributed by atoms with E-state index in [4.69, 9.17) is 9.47 Å². The Morgan fingerprint density at radius 2 is 1.88 bits per heavy atom. The van der Waals surface area contributed by atoms with Crippen LogP contribution < -0.4 is 20.1 Å². The van der Waals surface area contributed by atoms with Crippen molar-refractivity contribution in [3.63, 3.8) is 0 Å². The maximum Gasteiger partial charge on any atom is 0.326 e. The number of hydrogen-bond acceptors (Lipinski definition) is 4. The van der Waals surface area contributed by atoms with Crippen LogP contribution in [0.5, 0.6) is 11.5 Å². The van der Waals surface area contributed by atoms with Gasteiger partial charge in [-0.25, -0.2) is 9.18 Å². The zero-order valence-electron chi connectivity index (χ0n) is 13.6.